The van der Waals surface area contributed by atoms with Gasteiger partial charge in [0.05, 0.1) is 11.1 Å². The molecule has 0 aliphatic carbocycles. The number of Topliss-reactive ketones (excluding diaryl/α,β-unsaturated/α-hetero) is 1. The average Bonchev–Trinajstić information content (AvgIpc) is 2.96. The number of aromatic nitrogens is 1. The van der Waals surface area contributed by atoms with Crippen molar-refractivity contribution in [2.75, 3.05) is 6.54 Å². The fourth-order valence-corrected chi connectivity index (χ4v) is 3.02. The summed E-state index contributed by atoms with van der Waals surface area (Å²) in [5.41, 5.74) is 1.31. The molecule has 3 nitrogen and oxygen atoms in total. The molecule has 19 heavy (non-hydrogen) atoms. The predicted molar refractivity (Wildman–Crippen MR) is 76.3 cm³/mol. The zero-order chi connectivity index (χ0) is 13.3. The number of benzene rings is 1. The molecule has 1 aliphatic rings. The van der Waals surface area contributed by atoms with E-state index < -0.39 is 0 Å². The maximum absolute atomic E-state index is 12.9. The summed E-state index contributed by atoms with van der Waals surface area (Å²) in [4.78, 5) is 17.3. The Bertz CT molecular complexity index is 610. The van der Waals surface area contributed by atoms with Crippen LogP contribution in [0.15, 0.2) is 36.5 Å². The molecule has 0 saturated carbocycles. The van der Waals surface area contributed by atoms with E-state index in [0.29, 0.717) is 0 Å². The largest absolute Gasteiger partial charge is 0.305 e. The molecule has 2 heterocycles. The molecule has 1 fully saturated rings. The highest BCUT2D eigenvalue weighted by Crippen LogP contribution is 2.29. The van der Waals surface area contributed by atoms with E-state index in [2.05, 4.69) is 17.2 Å². The minimum absolute atomic E-state index is 0.214. The molecule has 3 rings (SSSR count). The van der Waals surface area contributed by atoms with Crippen LogP contribution in [-0.2, 0) is 0 Å². The van der Waals surface area contributed by atoms with E-state index in [0.717, 1.165) is 42.3 Å². The summed E-state index contributed by atoms with van der Waals surface area (Å²) in [6.45, 7) is 3.02. The monoisotopic (exact) mass is 254 g/mol. The van der Waals surface area contributed by atoms with Crippen LogP contribution in [0.5, 0.6) is 0 Å². The molecule has 1 atom stereocenters. The Hall–Kier alpha value is -1.74. The van der Waals surface area contributed by atoms with Crippen LogP contribution < -0.4 is 5.32 Å². The van der Waals surface area contributed by atoms with Crippen molar-refractivity contribution < 1.29 is 4.79 Å². The van der Waals surface area contributed by atoms with E-state index in [1.54, 1.807) is 6.20 Å². The highest BCUT2D eigenvalue weighted by Gasteiger charge is 2.39. The lowest BCUT2D eigenvalue weighted by Crippen LogP contribution is -2.47. The summed E-state index contributed by atoms with van der Waals surface area (Å²) in [5, 5.41) is 4.37. The Morgan fingerprint density at radius 1 is 1.37 bits per heavy atom. The van der Waals surface area contributed by atoms with E-state index in [4.69, 9.17) is 0 Å². The Morgan fingerprint density at radius 3 is 3.00 bits per heavy atom. The summed E-state index contributed by atoms with van der Waals surface area (Å²) < 4.78 is 0. The van der Waals surface area contributed by atoms with E-state index in [1.165, 1.54) is 0 Å². The Kier molecular flexibility index (Phi) is 3.07. The third-order valence-electron chi connectivity index (χ3n) is 4.17. The first-order chi connectivity index (χ1) is 9.27. The SMILES string of the molecule is CCC1(C(=O)c2cccc3ncccc23)CCCN1. The smallest absolute Gasteiger partial charge is 0.183 e. The highest BCUT2D eigenvalue weighted by molar-refractivity contribution is 6.12. The number of fused-ring (bicyclic) bond motifs is 1. The first-order valence-corrected chi connectivity index (χ1v) is 6.90. The van der Waals surface area contributed by atoms with Gasteiger partial charge < -0.3 is 5.32 Å². The number of nitrogens with one attached hydrogen (secondary N) is 1. The van der Waals surface area contributed by atoms with Gasteiger partial charge in [-0.3, -0.25) is 9.78 Å². The topological polar surface area (TPSA) is 42.0 Å². The number of carbonyl (C=O) groups excluding carboxylic acids is 1. The molecule has 0 amide bonds. The Morgan fingerprint density at radius 2 is 2.26 bits per heavy atom. The molecule has 2 aromatic rings. The van der Waals surface area contributed by atoms with Gasteiger partial charge in [-0.25, -0.2) is 0 Å². The van der Waals surface area contributed by atoms with Crippen molar-refractivity contribution in [2.45, 2.75) is 31.7 Å². The standard InChI is InChI=1S/C16H18N2O/c1-2-16(9-5-11-18-16)15(19)13-6-3-8-14-12(13)7-4-10-17-14/h3-4,6-8,10,18H,2,5,9,11H2,1H3. The molecule has 0 spiro atoms. The van der Waals surface area contributed by atoms with Gasteiger partial charge >= 0.3 is 0 Å². The van der Waals surface area contributed by atoms with Crippen molar-refractivity contribution in [2.24, 2.45) is 0 Å². The van der Waals surface area contributed by atoms with Gasteiger partial charge in [-0.1, -0.05) is 25.1 Å². The van der Waals surface area contributed by atoms with Crippen molar-refractivity contribution in [3.63, 3.8) is 0 Å². The minimum atomic E-state index is -0.371. The maximum atomic E-state index is 12.9. The molecule has 1 saturated heterocycles. The van der Waals surface area contributed by atoms with Gasteiger partial charge in [-0.15, -0.1) is 0 Å². The second-order valence-corrected chi connectivity index (χ2v) is 5.17. The van der Waals surface area contributed by atoms with E-state index in [1.807, 2.05) is 30.3 Å². The van der Waals surface area contributed by atoms with Crippen LogP contribution >= 0.6 is 0 Å². The molecule has 98 valence electrons. The van der Waals surface area contributed by atoms with Crippen LogP contribution in [0.3, 0.4) is 0 Å². The third kappa shape index (κ3) is 1.94. The van der Waals surface area contributed by atoms with Crippen molar-refractivity contribution in [3.8, 4) is 0 Å². The lowest BCUT2D eigenvalue weighted by Gasteiger charge is -2.27. The molecule has 1 aromatic carbocycles. The minimum Gasteiger partial charge on any atom is -0.305 e. The van der Waals surface area contributed by atoms with Gasteiger partial charge in [0.25, 0.3) is 0 Å². The summed E-state index contributed by atoms with van der Waals surface area (Å²) in [6, 6.07) is 9.66. The number of ketones is 1. The van der Waals surface area contributed by atoms with Crippen molar-refractivity contribution in [3.05, 3.63) is 42.1 Å². The molecule has 0 bridgehead atoms. The van der Waals surface area contributed by atoms with Crippen LogP contribution in [-0.4, -0.2) is 22.9 Å². The average molecular weight is 254 g/mol. The van der Waals surface area contributed by atoms with Gasteiger partial charge in [-0.2, -0.15) is 0 Å². The van der Waals surface area contributed by atoms with Crippen LogP contribution in [0.4, 0.5) is 0 Å². The fourth-order valence-electron chi connectivity index (χ4n) is 3.02. The van der Waals surface area contributed by atoms with Crippen molar-refractivity contribution >= 4 is 16.7 Å². The Labute approximate surface area is 113 Å². The number of hydrogen-bond acceptors (Lipinski definition) is 3. The molecular weight excluding hydrogens is 236 g/mol. The summed E-state index contributed by atoms with van der Waals surface area (Å²) in [7, 11) is 0. The van der Waals surface area contributed by atoms with Crippen LogP contribution in [0.25, 0.3) is 10.9 Å². The molecule has 1 unspecified atom stereocenters. The normalized spacial score (nSPS) is 22.8. The number of carbonyl (C=O) groups is 1. The first-order valence-electron chi connectivity index (χ1n) is 6.90. The Balaban J connectivity index is 2.11. The number of rotatable bonds is 3. The highest BCUT2D eigenvalue weighted by atomic mass is 16.1. The van der Waals surface area contributed by atoms with E-state index >= 15 is 0 Å². The second kappa shape index (κ2) is 4.74. The zero-order valence-corrected chi connectivity index (χ0v) is 11.1. The van der Waals surface area contributed by atoms with Crippen LogP contribution in [0.2, 0.25) is 0 Å². The zero-order valence-electron chi connectivity index (χ0n) is 11.1. The molecule has 0 radical (unpaired) electrons. The van der Waals surface area contributed by atoms with E-state index in [9.17, 15) is 4.79 Å². The quantitative estimate of drug-likeness (QED) is 0.856. The summed E-state index contributed by atoms with van der Waals surface area (Å²) in [5.74, 6) is 0.214. The summed E-state index contributed by atoms with van der Waals surface area (Å²) >= 11 is 0. The number of nitrogens with zero attached hydrogens (tertiary/aromatic N) is 1. The first kappa shape index (κ1) is 12.3. The van der Waals surface area contributed by atoms with Crippen molar-refractivity contribution in [1.29, 1.82) is 0 Å². The molecular formula is C16H18N2O. The lowest BCUT2D eigenvalue weighted by molar-refractivity contribution is 0.0865. The predicted octanol–water partition coefficient (Wildman–Crippen LogP) is 2.95. The van der Waals surface area contributed by atoms with Gasteiger partial charge in [0.2, 0.25) is 0 Å². The van der Waals surface area contributed by atoms with Gasteiger partial charge in [0, 0.05) is 17.1 Å². The number of pyridine rings is 1. The third-order valence-corrected chi connectivity index (χ3v) is 4.17. The summed E-state index contributed by atoms with van der Waals surface area (Å²) in [6.07, 6.45) is 4.60. The molecule has 3 heteroatoms. The van der Waals surface area contributed by atoms with Crippen LogP contribution in [0, 0.1) is 0 Å². The van der Waals surface area contributed by atoms with Crippen molar-refractivity contribution in [1.82, 2.24) is 10.3 Å². The van der Waals surface area contributed by atoms with Gasteiger partial charge in [0.15, 0.2) is 5.78 Å². The van der Waals surface area contributed by atoms with Gasteiger partial charge in [-0.05, 0) is 37.9 Å². The molecule has 1 N–H and O–H groups in total. The molecule has 1 aromatic heterocycles. The number of hydrogen-bond donors (Lipinski definition) is 1. The van der Waals surface area contributed by atoms with Gasteiger partial charge in [0.1, 0.15) is 0 Å². The lowest BCUT2D eigenvalue weighted by atomic mass is 9.84. The molecule has 1 aliphatic heterocycles. The van der Waals surface area contributed by atoms with E-state index in [-0.39, 0.29) is 11.3 Å². The maximum Gasteiger partial charge on any atom is 0.183 e. The fraction of sp³-hybridized carbons (Fsp3) is 0.375. The van der Waals surface area contributed by atoms with Crippen LogP contribution in [0.1, 0.15) is 36.5 Å². The second-order valence-electron chi connectivity index (χ2n) is 5.17.